The van der Waals surface area contributed by atoms with Crippen molar-refractivity contribution in [1.82, 2.24) is 5.32 Å². The number of carbonyl (C=O) groups is 1. The van der Waals surface area contributed by atoms with Crippen molar-refractivity contribution in [3.63, 3.8) is 0 Å². The van der Waals surface area contributed by atoms with E-state index in [2.05, 4.69) is 10.6 Å². The number of nitrogens with one attached hydrogen (secondary N) is 2. The van der Waals surface area contributed by atoms with Gasteiger partial charge in [-0.05, 0) is 18.1 Å². The molecule has 1 aliphatic rings. The first-order valence-corrected chi connectivity index (χ1v) is 6.11. The van der Waals surface area contributed by atoms with Gasteiger partial charge in [0.05, 0.1) is 25.2 Å². The Hall–Kier alpha value is -1.59. The minimum atomic E-state index is -0.584. The van der Waals surface area contributed by atoms with Crippen LogP contribution in [0.3, 0.4) is 0 Å². The van der Waals surface area contributed by atoms with Gasteiger partial charge in [0, 0.05) is 12.2 Å². The van der Waals surface area contributed by atoms with Crippen molar-refractivity contribution in [3.8, 4) is 0 Å². The molecule has 98 valence electrons. The molecular formula is C13H18N2O3. The maximum Gasteiger partial charge on any atom is 0.228 e. The molecule has 18 heavy (non-hydrogen) atoms. The van der Waals surface area contributed by atoms with Gasteiger partial charge in [-0.3, -0.25) is 4.79 Å². The molecule has 0 bridgehead atoms. The van der Waals surface area contributed by atoms with Crippen LogP contribution in [0.25, 0.3) is 0 Å². The average molecular weight is 250 g/mol. The fourth-order valence-electron chi connectivity index (χ4n) is 2.19. The lowest BCUT2D eigenvalue weighted by molar-refractivity contribution is -0.124. The fourth-order valence-corrected chi connectivity index (χ4v) is 2.19. The summed E-state index contributed by atoms with van der Waals surface area (Å²) in [5.41, 5.74) is 1.95. The zero-order valence-electron chi connectivity index (χ0n) is 10.1. The van der Waals surface area contributed by atoms with E-state index in [1.807, 2.05) is 24.3 Å². The van der Waals surface area contributed by atoms with Gasteiger partial charge in [0.25, 0.3) is 0 Å². The van der Waals surface area contributed by atoms with Gasteiger partial charge in [0.1, 0.15) is 0 Å². The van der Waals surface area contributed by atoms with E-state index in [-0.39, 0.29) is 25.0 Å². The maximum absolute atomic E-state index is 12.1. The highest BCUT2D eigenvalue weighted by atomic mass is 16.3. The summed E-state index contributed by atoms with van der Waals surface area (Å²) in [7, 11) is 0. The average Bonchev–Trinajstić information content (AvgIpc) is 2.43. The molecule has 0 aliphatic carbocycles. The molecule has 0 fully saturated rings. The first-order valence-electron chi connectivity index (χ1n) is 6.11. The van der Waals surface area contributed by atoms with Gasteiger partial charge < -0.3 is 20.8 Å². The van der Waals surface area contributed by atoms with Gasteiger partial charge in [-0.25, -0.2) is 0 Å². The van der Waals surface area contributed by atoms with E-state index in [1.54, 1.807) is 0 Å². The van der Waals surface area contributed by atoms with E-state index in [0.717, 1.165) is 17.8 Å². The Labute approximate surface area is 106 Å². The molecular weight excluding hydrogens is 232 g/mol. The van der Waals surface area contributed by atoms with Crippen LogP contribution in [0, 0.1) is 0 Å². The van der Waals surface area contributed by atoms with Crippen molar-refractivity contribution >= 4 is 11.6 Å². The van der Waals surface area contributed by atoms with E-state index < -0.39 is 6.04 Å². The SMILES string of the molecule is O=C(NC(CO)CO)C1CCNc2ccccc21. The third-order valence-corrected chi connectivity index (χ3v) is 3.19. The Morgan fingerprint density at radius 3 is 2.83 bits per heavy atom. The molecule has 1 aliphatic heterocycles. The zero-order chi connectivity index (χ0) is 13.0. The summed E-state index contributed by atoms with van der Waals surface area (Å²) in [4.78, 5) is 12.1. The Balaban J connectivity index is 2.12. The molecule has 0 radical (unpaired) electrons. The Morgan fingerprint density at radius 1 is 1.39 bits per heavy atom. The van der Waals surface area contributed by atoms with Crippen molar-refractivity contribution in [3.05, 3.63) is 29.8 Å². The van der Waals surface area contributed by atoms with Crippen molar-refractivity contribution in [2.75, 3.05) is 25.1 Å². The molecule has 1 amide bonds. The second-order valence-electron chi connectivity index (χ2n) is 4.43. The third kappa shape index (κ3) is 2.63. The first kappa shape index (κ1) is 12.9. The molecule has 5 heteroatoms. The van der Waals surface area contributed by atoms with Crippen LogP contribution < -0.4 is 10.6 Å². The van der Waals surface area contributed by atoms with Gasteiger partial charge in [-0.2, -0.15) is 0 Å². The maximum atomic E-state index is 12.1. The molecule has 0 saturated carbocycles. The minimum absolute atomic E-state index is 0.142. The molecule has 1 unspecified atom stereocenters. The third-order valence-electron chi connectivity index (χ3n) is 3.19. The van der Waals surface area contributed by atoms with Crippen LogP contribution in [-0.4, -0.2) is 41.9 Å². The largest absolute Gasteiger partial charge is 0.394 e. The lowest BCUT2D eigenvalue weighted by atomic mass is 9.90. The van der Waals surface area contributed by atoms with Crippen molar-refractivity contribution < 1.29 is 15.0 Å². The summed E-state index contributed by atoms with van der Waals surface area (Å²) < 4.78 is 0. The van der Waals surface area contributed by atoms with Gasteiger partial charge in [0.15, 0.2) is 0 Å². The molecule has 1 aromatic carbocycles. The Bertz CT molecular complexity index is 418. The minimum Gasteiger partial charge on any atom is -0.394 e. The van der Waals surface area contributed by atoms with Crippen LogP contribution in [0.2, 0.25) is 0 Å². The van der Waals surface area contributed by atoms with Crippen LogP contribution in [-0.2, 0) is 4.79 Å². The summed E-state index contributed by atoms with van der Waals surface area (Å²) in [6, 6.07) is 7.13. The number of para-hydroxylation sites is 1. The molecule has 2 rings (SSSR count). The van der Waals surface area contributed by atoms with Crippen LogP contribution in [0.5, 0.6) is 0 Å². The molecule has 4 N–H and O–H groups in total. The van der Waals surface area contributed by atoms with Crippen molar-refractivity contribution in [1.29, 1.82) is 0 Å². The monoisotopic (exact) mass is 250 g/mol. The first-order chi connectivity index (χ1) is 8.76. The number of benzene rings is 1. The molecule has 0 spiro atoms. The quantitative estimate of drug-likeness (QED) is 0.609. The number of fused-ring (bicyclic) bond motifs is 1. The van der Waals surface area contributed by atoms with Gasteiger partial charge in [-0.15, -0.1) is 0 Å². The summed E-state index contributed by atoms with van der Waals surface area (Å²) in [5.74, 6) is -0.361. The molecule has 0 aromatic heterocycles. The van der Waals surface area contributed by atoms with Crippen LogP contribution in [0.15, 0.2) is 24.3 Å². The lowest BCUT2D eigenvalue weighted by Crippen LogP contribution is -2.43. The van der Waals surface area contributed by atoms with E-state index in [0.29, 0.717) is 6.42 Å². The molecule has 1 heterocycles. The second-order valence-corrected chi connectivity index (χ2v) is 4.43. The zero-order valence-corrected chi connectivity index (χ0v) is 10.1. The number of aliphatic hydroxyl groups excluding tert-OH is 2. The standard InChI is InChI=1S/C13H18N2O3/c16-7-9(8-17)15-13(18)11-5-6-14-12-4-2-1-3-10(11)12/h1-4,9,11,14,16-17H,5-8H2,(H,15,18). The Kier molecular flexibility index (Phi) is 4.17. The topological polar surface area (TPSA) is 81.6 Å². The highest BCUT2D eigenvalue weighted by Crippen LogP contribution is 2.31. The van der Waals surface area contributed by atoms with Crippen LogP contribution in [0.1, 0.15) is 17.9 Å². The normalized spacial score (nSPS) is 18.1. The predicted octanol–water partition coefficient (Wildman–Crippen LogP) is 0.0552. The number of hydrogen-bond acceptors (Lipinski definition) is 4. The summed E-state index contributed by atoms with van der Waals surface area (Å²) in [6.45, 7) is 0.238. The summed E-state index contributed by atoms with van der Waals surface area (Å²) in [5, 5.41) is 23.9. The lowest BCUT2D eigenvalue weighted by Gasteiger charge is -2.27. The number of hydrogen-bond donors (Lipinski definition) is 4. The molecule has 1 aromatic rings. The van der Waals surface area contributed by atoms with Gasteiger partial charge in [0.2, 0.25) is 5.91 Å². The highest BCUT2D eigenvalue weighted by molar-refractivity contribution is 5.86. The van der Waals surface area contributed by atoms with Crippen LogP contribution in [0.4, 0.5) is 5.69 Å². The van der Waals surface area contributed by atoms with Crippen LogP contribution >= 0.6 is 0 Å². The van der Waals surface area contributed by atoms with Gasteiger partial charge in [-0.1, -0.05) is 18.2 Å². The summed E-state index contributed by atoms with van der Waals surface area (Å²) in [6.07, 6.45) is 0.715. The smallest absolute Gasteiger partial charge is 0.228 e. The molecule has 0 saturated heterocycles. The number of aliphatic hydroxyl groups is 2. The number of anilines is 1. The number of carbonyl (C=O) groups excluding carboxylic acids is 1. The number of rotatable bonds is 4. The molecule has 5 nitrogen and oxygen atoms in total. The van der Waals surface area contributed by atoms with Crippen molar-refractivity contribution in [2.45, 2.75) is 18.4 Å². The fraction of sp³-hybridized carbons (Fsp3) is 0.462. The van der Waals surface area contributed by atoms with E-state index in [1.165, 1.54) is 0 Å². The van der Waals surface area contributed by atoms with E-state index >= 15 is 0 Å². The summed E-state index contributed by atoms with van der Waals surface area (Å²) >= 11 is 0. The van der Waals surface area contributed by atoms with E-state index in [4.69, 9.17) is 10.2 Å². The van der Waals surface area contributed by atoms with Gasteiger partial charge >= 0.3 is 0 Å². The predicted molar refractivity (Wildman–Crippen MR) is 68.4 cm³/mol. The Morgan fingerprint density at radius 2 is 2.11 bits per heavy atom. The van der Waals surface area contributed by atoms with E-state index in [9.17, 15) is 4.79 Å². The highest BCUT2D eigenvalue weighted by Gasteiger charge is 2.27. The molecule has 1 atom stereocenters. The number of amides is 1. The second kappa shape index (κ2) is 5.84. The van der Waals surface area contributed by atoms with Crippen molar-refractivity contribution in [2.24, 2.45) is 0 Å².